The highest BCUT2D eigenvalue weighted by atomic mass is 16.4. The number of carboxylic acids is 1. The Balaban J connectivity index is 1.05. The van der Waals surface area contributed by atoms with Crippen molar-refractivity contribution in [1.29, 1.82) is 43.3 Å². The molecule has 0 aromatic rings. The van der Waals surface area contributed by atoms with Crippen molar-refractivity contribution in [2.24, 2.45) is 57.5 Å². The number of nitrogens with two attached hydrogens (primary N) is 9. The highest BCUT2D eigenvalue weighted by Crippen LogP contribution is 2.31. The van der Waals surface area contributed by atoms with Gasteiger partial charge in [-0.05, 0) is 205 Å². The third kappa shape index (κ3) is 37.4. The molecule has 0 saturated carbocycles. The summed E-state index contributed by atoms with van der Waals surface area (Å²) in [5.41, 5.74) is 50.6. The summed E-state index contributed by atoms with van der Waals surface area (Å²) in [6, 6.07) is -20.1. The zero-order chi connectivity index (χ0) is 108. The first-order valence-corrected chi connectivity index (χ1v) is 50.6. The Labute approximate surface area is 848 Å². The van der Waals surface area contributed by atoms with E-state index < -0.39 is 191 Å². The Morgan fingerprint density at radius 1 is 0.260 bits per heavy atom. The Hall–Kier alpha value is -14.4. The zero-order valence-corrected chi connectivity index (χ0v) is 83.6. The molecule has 7 heterocycles. The molecule has 57 heteroatoms. The first-order chi connectivity index (χ1) is 69.4. The summed E-state index contributed by atoms with van der Waals surface area (Å²) in [4.78, 5) is 244. The second kappa shape index (κ2) is 59.8. The van der Waals surface area contributed by atoms with Crippen LogP contribution < -0.4 is 137 Å². The minimum atomic E-state index is -1.42. The lowest BCUT2D eigenvalue weighted by molar-refractivity contribution is -0.149. The van der Waals surface area contributed by atoms with Gasteiger partial charge in [0, 0.05) is 98.2 Å². The normalized spacial score (nSPS) is 20.3. The van der Waals surface area contributed by atoms with Gasteiger partial charge in [0.15, 0.2) is 47.7 Å². The van der Waals surface area contributed by atoms with Crippen LogP contribution in [0.1, 0.15) is 213 Å². The molecule has 1 unspecified atom stereocenters. The van der Waals surface area contributed by atoms with Gasteiger partial charge in [0.05, 0.1) is 6.04 Å². The van der Waals surface area contributed by atoms with Crippen molar-refractivity contribution in [2.75, 3.05) is 98.2 Å². The molecule has 0 aromatic heterocycles. The van der Waals surface area contributed by atoms with Crippen LogP contribution in [0.25, 0.3) is 0 Å². The van der Waals surface area contributed by atoms with Crippen LogP contribution in [0.5, 0.6) is 0 Å². The van der Waals surface area contributed by atoms with Crippen LogP contribution in [0.2, 0.25) is 0 Å². The number of hydrogen-bond acceptors (Lipinski definition) is 25. The first-order valence-electron chi connectivity index (χ1n) is 50.6. The van der Waals surface area contributed by atoms with Gasteiger partial charge in [0.1, 0.15) is 90.6 Å². The third-order valence-electron chi connectivity index (χ3n) is 26.7. The van der Waals surface area contributed by atoms with Crippen molar-refractivity contribution in [3.8, 4) is 0 Å². The van der Waals surface area contributed by atoms with Crippen molar-refractivity contribution >= 4 is 142 Å². The van der Waals surface area contributed by atoms with Crippen LogP contribution in [0.15, 0.2) is 0 Å². The zero-order valence-electron chi connectivity index (χ0n) is 83.6. The number of carbonyl (C=O) groups excluding carboxylic acids is 15. The first kappa shape index (κ1) is 119. The average molecular weight is 2060 g/mol. The molecule has 7 aliphatic rings. The topological polar surface area (TPSA) is 933 Å². The van der Waals surface area contributed by atoms with Gasteiger partial charge >= 0.3 is 5.97 Å². The predicted molar refractivity (Wildman–Crippen MR) is 537 cm³/mol. The van der Waals surface area contributed by atoms with Crippen molar-refractivity contribution in [3.63, 3.8) is 0 Å². The Kier molecular flexibility index (Phi) is 48.6. The summed E-state index contributed by atoms with van der Waals surface area (Å²) in [6.45, 7) is 4.82. The molecule has 0 aliphatic carbocycles. The van der Waals surface area contributed by atoms with Crippen LogP contribution in [-0.2, 0) is 76.7 Å². The van der Waals surface area contributed by atoms with Gasteiger partial charge in [-0.2, -0.15) is 0 Å². The molecule has 15 amide bonds. The van der Waals surface area contributed by atoms with E-state index in [9.17, 15) is 38.7 Å². The fourth-order valence-electron chi connectivity index (χ4n) is 19.5. The van der Waals surface area contributed by atoms with Crippen LogP contribution in [-0.4, -0.2) is 377 Å². The summed E-state index contributed by atoms with van der Waals surface area (Å²) in [7, 11) is 0. The van der Waals surface area contributed by atoms with E-state index in [0.29, 0.717) is 51.4 Å². The monoisotopic (exact) mass is 2060 g/mol. The van der Waals surface area contributed by atoms with E-state index in [2.05, 4.69) is 85.1 Å². The fourth-order valence-corrected chi connectivity index (χ4v) is 19.5. The fraction of sp³-hybridized carbons (Fsp3) is 0.730. The lowest BCUT2D eigenvalue weighted by atomic mass is 10.0. The van der Waals surface area contributed by atoms with Gasteiger partial charge in [-0.3, -0.25) is 115 Å². The number of nitrogens with zero attached hydrogens (tertiary/aromatic N) is 7. The number of nitrogens with one attached hydrogen (secondary N) is 24. The summed E-state index contributed by atoms with van der Waals surface area (Å²) in [6.07, 6.45) is 4.38. The summed E-state index contributed by atoms with van der Waals surface area (Å²) in [5.74, 6) is -15.0. The van der Waals surface area contributed by atoms with E-state index in [1.807, 2.05) is 0 Å². The maximum Gasteiger partial charge on any atom is 0.326 e. The highest BCUT2D eigenvalue weighted by molar-refractivity contribution is 6.02. The second-order valence-corrected chi connectivity index (χ2v) is 38.3. The van der Waals surface area contributed by atoms with E-state index in [-0.39, 0.29) is 299 Å². The summed E-state index contributed by atoms with van der Waals surface area (Å²) < 4.78 is 0. The molecule has 0 bridgehead atoms. The summed E-state index contributed by atoms with van der Waals surface area (Å²) >= 11 is 0. The molecule has 16 atom stereocenters. The lowest BCUT2D eigenvalue weighted by Crippen LogP contribution is -2.60. The molecule has 7 aliphatic heterocycles. The highest BCUT2D eigenvalue weighted by Gasteiger charge is 2.50. The number of aliphatic carboxylic acids is 1. The summed E-state index contributed by atoms with van der Waals surface area (Å²) in [5, 5.41) is 115. The second-order valence-electron chi connectivity index (χ2n) is 38.3. The van der Waals surface area contributed by atoms with Gasteiger partial charge in [-0.1, -0.05) is 13.8 Å². The molecule has 0 spiro atoms. The molecular formula is C89H158N40O17. The SMILES string of the molecule is CC(C)C[C@H](NC(=O)[C@H](CCCNC(=N)N)NC(=O)[C@@H]1CCCN1C(=O)[C@@H]1CCCN1C(=O)[C@H](CCCNC(=N)N)NC(=O)[C@@H]1CCCN1C(=O)[C@H](CCCNC(=N)N)NC(=O)C1CCCN1C(=O)[C@H](CCCNC(=N)N)NC(=O)[C@@H](N)CCCNC(=N)N)C(=O)N1CCC[C@H]1C(=O)N[C@@H](CCCNC(=N)N)C(=O)N1CCC[C@H]1C(=O)N[C@@H](CCCNC(=N)N)C(=O)N1CCC[C@H]1C(=O)N[C@@H](CCCNC(=N)N)C(=O)O. The average Bonchev–Trinajstić information content (AvgIpc) is 1.60. The number of rotatable bonds is 58. The van der Waals surface area contributed by atoms with Crippen molar-refractivity contribution < 1.29 is 81.8 Å². The lowest BCUT2D eigenvalue weighted by Gasteiger charge is -2.34. The number of amides is 15. The molecule has 146 heavy (non-hydrogen) atoms. The maximum atomic E-state index is 15.3. The van der Waals surface area contributed by atoms with E-state index in [0.717, 1.165) is 0 Å². The standard InChI is InChI=1S/C89H158N40O17/c1-49(2)48-58(79(143)127-45-15-29-62(127)72(136)119-54(22-7-37-111-86(99)100)76(140)124-42-12-27-60(124)70(134)118-55(23-8-38-112-87(101)102)77(141)126-44-14-30-63(126)73(137)121-57(81(145)146)25-10-40-114-89(105)106)122-67(131)51(19-4-34-108-83(93)94)115-68(132)64-31-16-46-128(64)80(144)65-32-17-47-129(65)78(142)56(24-9-39-113-88(103)104)120-71(135)61-28-13-43-125(61)75(139)53(21-6-36-110-85(97)98)117-69(133)59-26-11-41-123(59)74(138)52(20-5-35-109-84(95)96)116-66(130)50(90)18-3-33-107-82(91)92/h49-65H,3-48,90H2,1-2H3,(H,115,132)(H,116,130)(H,117,133)(H,118,134)(H,119,136)(H,120,135)(H,121,137)(H,122,131)(H,145,146)(H4,91,92,107)(H4,93,94,108)(H4,95,96,109)(H4,97,98,110)(H4,99,100,111)(H4,101,102,112)(H4,103,104,113)(H4,105,106,114)/t50-,51-,52-,53-,54-,55-,56-,57-,58-,59?,60-,61-,62-,63-,64-,65-/m0/s1. The molecule has 7 saturated heterocycles. The van der Waals surface area contributed by atoms with E-state index in [1.165, 1.54) is 34.3 Å². The minimum Gasteiger partial charge on any atom is -0.480 e. The van der Waals surface area contributed by atoms with E-state index in [4.69, 9.17) is 94.9 Å². The number of hydrogen-bond donors (Lipinski definition) is 34. The molecule has 57 nitrogen and oxygen atoms in total. The van der Waals surface area contributed by atoms with Crippen molar-refractivity contribution in [3.05, 3.63) is 0 Å². The molecule has 0 radical (unpaired) electrons. The van der Waals surface area contributed by atoms with E-state index >= 15 is 43.2 Å². The van der Waals surface area contributed by atoms with Gasteiger partial charge in [0.2, 0.25) is 88.6 Å². The van der Waals surface area contributed by atoms with Gasteiger partial charge < -0.3 is 176 Å². The van der Waals surface area contributed by atoms with Gasteiger partial charge in [0.25, 0.3) is 0 Å². The van der Waals surface area contributed by atoms with E-state index in [1.54, 1.807) is 13.8 Å². The quantitative estimate of drug-likeness (QED) is 0.0153. The largest absolute Gasteiger partial charge is 0.480 e. The van der Waals surface area contributed by atoms with Gasteiger partial charge in [-0.25, -0.2) is 4.79 Å². The molecular weight excluding hydrogens is 1900 g/mol. The predicted octanol–water partition coefficient (Wildman–Crippen LogP) is -9.63. The Morgan fingerprint density at radius 2 is 0.452 bits per heavy atom. The van der Waals surface area contributed by atoms with Crippen molar-refractivity contribution in [1.82, 2.24) is 119 Å². The third-order valence-corrected chi connectivity index (χ3v) is 26.7. The van der Waals surface area contributed by atoms with Crippen LogP contribution in [0, 0.1) is 49.2 Å². The number of likely N-dealkylation sites (tertiary alicyclic amines) is 7. The molecule has 43 N–H and O–H groups in total. The molecule has 816 valence electrons. The van der Waals surface area contributed by atoms with Crippen molar-refractivity contribution in [2.45, 2.75) is 310 Å². The van der Waals surface area contributed by atoms with Crippen LogP contribution in [0.3, 0.4) is 0 Å². The number of carboxylic acid groups (broad SMARTS) is 1. The van der Waals surface area contributed by atoms with Crippen LogP contribution >= 0.6 is 0 Å². The molecule has 7 fully saturated rings. The Morgan fingerprint density at radius 3 is 0.705 bits per heavy atom. The smallest absolute Gasteiger partial charge is 0.326 e. The van der Waals surface area contributed by atoms with Crippen LogP contribution in [0.4, 0.5) is 0 Å². The van der Waals surface area contributed by atoms with Gasteiger partial charge in [-0.15, -0.1) is 0 Å². The molecule has 7 rings (SSSR count). The Bertz CT molecular complexity index is 4610. The number of guanidine groups is 8. The maximum absolute atomic E-state index is 15.3. The number of carbonyl (C=O) groups is 16. The molecule has 0 aromatic carbocycles. The minimum absolute atomic E-state index is 0.0101.